The monoisotopic (exact) mass is 169 g/mol. The second-order valence-corrected chi connectivity index (χ2v) is 2.55. The summed E-state index contributed by atoms with van der Waals surface area (Å²) in [6.07, 6.45) is 7.22. The summed E-state index contributed by atoms with van der Waals surface area (Å²) in [5, 5.41) is 0.511. The van der Waals surface area contributed by atoms with Gasteiger partial charge in [-0.2, -0.15) is 0 Å². The van der Waals surface area contributed by atoms with E-state index in [0.717, 1.165) is 18.5 Å². The second-order valence-electron chi connectivity index (χ2n) is 2.19. The molecule has 1 aromatic rings. The average molecular weight is 170 g/mol. The Balaban J connectivity index is 2.62. The second kappa shape index (κ2) is 4.29. The molecule has 0 unspecified atom stereocenters. The predicted molar refractivity (Wildman–Crippen MR) is 45.3 cm³/mol. The first kappa shape index (κ1) is 8.47. The summed E-state index contributed by atoms with van der Waals surface area (Å²) in [4.78, 5) is 8.01. The lowest BCUT2D eigenvalue weighted by atomic mass is 10.2. The van der Waals surface area contributed by atoms with Gasteiger partial charge in [-0.1, -0.05) is 24.9 Å². The van der Waals surface area contributed by atoms with Crippen LogP contribution in [0.5, 0.6) is 0 Å². The van der Waals surface area contributed by atoms with E-state index in [9.17, 15) is 0 Å². The number of aromatic nitrogens is 2. The van der Waals surface area contributed by atoms with E-state index in [0.29, 0.717) is 5.15 Å². The Hall–Kier alpha value is -0.630. The van der Waals surface area contributed by atoms with E-state index in [2.05, 4.69) is 23.3 Å². The highest BCUT2D eigenvalue weighted by Gasteiger charge is 1.99. The largest absolute Gasteiger partial charge is 0.256 e. The van der Waals surface area contributed by atoms with Gasteiger partial charge >= 0.3 is 0 Å². The molecule has 0 saturated heterocycles. The molecule has 0 amide bonds. The molecule has 1 aromatic heterocycles. The van der Waals surface area contributed by atoms with Crippen molar-refractivity contribution in [2.75, 3.05) is 0 Å². The van der Waals surface area contributed by atoms with Crippen LogP contribution >= 0.6 is 11.6 Å². The van der Waals surface area contributed by atoms with Gasteiger partial charge in [0.15, 0.2) is 0 Å². The smallest absolute Gasteiger partial charge is 0.150 e. The zero-order valence-corrected chi connectivity index (χ0v) is 7.17. The maximum absolute atomic E-state index is 5.77. The van der Waals surface area contributed by atoms with Gasteiger partial charge in [-0.05, 0) is 12.8 Å². The number of unbranched alkanes of at least 4 members (excludes halogenated alkanes) is 1. The molecule has 1 rings (SSSR count). The molecule has 1 heterocycles. The molecule has 0 aromatic carbocycles. The van der Waals surface area contributed by atoms with Gasteiger partial charge in [0, 0.05) is 12.4 Å². The molecule has 0 aliphatic heterocycles. The first-order chi connectivity index (χ1) is 5.34. The minimum atomic E-state index is 0.511. The van der Waals surface area contributed by atoms with Crippen molar-refractivity contribution in [3.63, 3.8) is 0 Å². The Morgan fingerprint density at radius 2 is 2.18 bits per heavy atom. The summed E-state index contributed by atoms with van der Waals surface area (Å²) >= 11 is 5.77. The quantitative estimate of drug-likeness (QED) is 0.694. The van der Waals surface area contributed by atoms with Gasteiger partial charge in [-0.3, -0.25) is 4.98 Å². The van der Waals surface area contributed by atoms with Crippen LogP contribution in [0.1, 0.15) is 19.0 Å². The minimum Gasteiger partial charge on any atom is -0.256 e. The highest BCUT2D eigenvalue weighted by molar-refractivity contribution is 6.29. The molecule has 3 heteroatoms. The standard InChI is InChI=1S/C8H10ClN2/c1-2-3-4-7-8(9)11-6-5-10-7/h3,5-6H,2,4H2,1H3. The summed E-state index contributed by atoms with van der Waals surface area (Å²) in [6.45, 7) is 2.09. The van der Waals surface area contributed by atoms with Crippen LogP contribution in [-0.2, 0) is 6.42 Å². The molecule has 0 saturated carbocycles. The molecule has 1 radical (unpaired) electrons. The molecule has 59 valence electrons. The number of rotatable bonds is 3. The van der Waals surface area contributed by atoms with Crippen molar-refractivity contribution in [1.82, 2.24) is 9.97 Å². The van der Waals surface area contributed by atoms with Crippen LogP contribution in [-0.4, -0.2) is 9.97 Å². The summed E-state index contributed by atoms with van der Waals surface area (Å²) in [5.41, 5.74) is 0.857. The minimum absolute atomic E-state index is 0.511. The maximum atomic E-state index is 5.77. The van der Waals surface area contributed by atoms with Gasteiger partial charge in [0.2, 0.25) is 0 Å². The van der Waals surface area contributed by atoms with E-state index < -0.39 is 0 Å². The third-order valence-corrected chi connectivity index (χ3v) is 1.67. The SMILES string of the molecule is CC[CH]Cc1nccnc1Cl. The summed E-state index contributed by atoms with van der Waals surface area (Å²) in [6, 6.07) is 0. The van der Waals surface area contributed by atoms with Crippen molar-refractivity contribution in [3.8, 4) is 0 Å². The first-order valence-electron chi connectivity index (χ1n) is 3.61. The first-order valence-corrected chi connectivity index (χ1v) is 3.99. The van der Waals surface area contributed by atoms with E-state index >= 15 is 0 Å². The van der Waals surface area contributed by atoms with Crippen LogP contribution in [0.3, 0.4) is 0 Å². The number of hydrogen-bond donors (Lipinski definition) is 0. The molecule has 0 atom stereocenters. The van der Waals surface area contributed by atoms with E-state index in [4.69, 9.17) is 11.6 Å². The van der Waals surface area contributed by atoms with Gasteiger partial charge in [0.1, 0.15) is 5.15 Å². The summed E-state index contributed by atoms with van der Waals surface area (Å²) in [7, 11) is 0. The van der Waals surface area contributed by atoms with Crippen molar-refractivity contribution in [2.45, 2.75) is 19.8 Å². The van der Waals surface area contributed by atoms with Gasteiger partial charge in [-0.25, -0.2) is 4.98 Å². The third-order valence-electron chi connectivity index (χ3n) is 1.35. The molecule has 0 spiro atoms. The Kier molecular flexibility index (Phi) is 3.30. The molecule has 11 heavy (non-hydrogen) atoms. The zero-order chi connectivity index (χ0) is 8.10. The van der Waals surface area contributed by atoms with Crippen LogP contribution in [0.4, 0.5) is 0 Å². The fourth-order valence-corrected chi connectivity index (χ4v) is 0.950. The predicted octanol–water partition coefficient (Wildman–Crippen LogP) is 2.29. The maximum Gasteiger partial charge on any atom is 0.150 e. The van der Waals surface area contributed by atoms with Crippen LogP contribution in [0.2, 0.25) is 5.15 Å². The zero-order valence-electron chi connectivity index (χ0n) is 6.42. The van der Waals surface area contributed by atoms with Crippen molar-refractivity contribution in [1.29, 1.82) is 0 Å². The van der Waals surface area contributed by atoms with Crippen LogP contribution < -0.4 is 0 Å². The van der Waals surface area contributed by atoms with E-state index in [-0.39, 0.29) is 0 Å². The van der Waals surface area contributed by atoms with E-state index in [1.165, 1.54) is 0 Å². The third kappa shape index (κ3) is 2.46. The molecule has 2 nitrogen and oxygen atoms in total. The lowest BCUT2D eigenvalue weighted by Gasteiger charge is -1.98. The highest BCUT2D eigenvalue weighted by Crippen LogP contribution is 2.10. The Labute approximate surface area is 71.6 Å². The molecule has 0 fully saturated rings. The van der Waals surface area contributed by atoms with Crippen molar-refractivity contribution in [3.05, 3.63) is 29.7 Å². The fraction of sp³-hybridized carbons (Fsp3) is 0.375. The van der Waals surface area contributed by atoms with Crippen molar-refractivity contribution >= 4 is 11.6 Å². The number of hydrogen-bond acceptors (Lipinski definition) is 2. The molecular formula is C8H10ClN2. The fourth-order valence-electron chi connectivity index (χ4n) is 0.768. The van der Waals surface area contributed by atoms with Crippen molar-refractivity contribution < 1.29 is 0 Å². The molecule has 0 aliphatic carbocycles. The molecule has 0 aliphatic rings. The van der Waals surface area contributed by atoms with Gasteiger partial charge in [-0.15, -0.1) is 0 Å². The Morgan fingerprint density at radius 1 is 1.45 bits per heavy atom. The molecule has 0 N–H and O–H groups in total. The number of nitrogens with zero attached hydrogens (tertiary/aromatic N) is 2. The normalized spacial score (nSPS) is 10.0. The molecule has 0 bridgehead atoms. The number of halogens is 1. The van der Waals surface area contributed by atoms with Crippen LogP contribution in [0.15, 0.2) is 12.4 Å². The summed E-state index contributed by atoms with van der Waals surface area (Å²) < 4.78 is 0. The van der Waals surface area contributed by atoms with Crippen molar-refractivity contribution in [2.24, 2.45) is 0 Å². The van der Waals surface area contributed by atoms with Gasteiger partial charge in [0.25, 0.3) is 0 Å². The Bertz CT molecular complexity index is 225. The van der Waals surface area contributed by atoms with Crippen LogP contribution in [0.25, 0.3) is 0 Å². The lowest BCUT2D eigenvalue weighted by molar-refractivity contribution is 0.943. The van der Waals surface area contributed by atoms with Gasteiger partial charge in [0.05, 0.1) is 5.69 Å². The highest BCUT2D eigenvalue weighted by atomic mass is 35.5. The lowest BCUT2D eigenvalue weighted by Crippen LogP contribution is -1.92. The summed E-state index contributed by atoms with van der Waals surface area (Å²) in [5.74, 6) is 0. The van der Waals surface area contributed by atoms with E-state index in [1.807, 2.05) is 0 Å². The van der Waals surface area contributed by atoms with E-state index in [1.54, 1.807) is 12.4 Å². The Morgan fingerprint density at radius 3 is 2.82 bits per heavy atom. The average Bonchev–Trinajstić information content (AvgIpc) is 2.03. The molecular weight excluding hydrogens is 160 g/mol. The van der Waals surface area contributed by atoms with Gasteiger partial charge < -0.3 is 0 Å². The van der Waals surface area contributed by atoms with Crippen LogP contribution in [0, 0.1) is 6.42 Å². The topological polar surface area (TPSA) is 25.8 Å².